The number of hydrogen-bond donors (Lipinski definition) is 1. The summed E-state index contributed by atoms with van der Waals surface area (Å²) in [7, 11) is 0. The van der Waals surface area contributed by atoms with Crippen LogP contribution in [0, 0.1) is 11.8 Å². The van der Waals surface area contributed by atoms with Crippen LogP contribution >= 0.6 is 11.8 Å². The van der Waals surface area contributed by atoms with E-state index in [0.29, 0.717) is 6.04 Å². The second kappa shape index (κ2) is 6.44. The first-order valence-electron chi connectivity index (χ1n) is 6.83. The highest BCUT2D eigenvalue weighted by atomic mass is 32.2. The lowest BCUT2D eigenvalue weighted by Crippen LogP contribution is -2.63. The van der Waals surface area contributed by atoms with Gasteiger partial charge in [-0.15, -0.1) is 0 Å². The Labute approximate surface area is 112 Å². The van der Waals surface area contributed by atoms with Crippen LogP contribution < -0.4 is 5.32 Å². The molecule has 0 saturated carbocycles. The van der Waals surface area contributed by atoms with Crippen molar-refractivity contribution < 1.29 is 0 Å². The van der Waals surface area contributed by atoms with E-state index < -0.39 is 0 Å². The molecule has 0 aliphatic carbocycles. The molecule has 2 nitrogen and oxygen atoms in total. The summed E-state index contributed by atoms with van der Waals surface area (Å²) in [6.45, 7) is 15.3. The maximum absolute atomic E-state index is 3.68. The van der Waals surface area contributed by atoms with Crippen molar-refractivity contribution in [2.45, 2.75) is 46.2 Å². The van der Waals surface area contributed by atoms with E-state index in [1.54, 1.807) is 0 Å². The summed E-state index contributed by atoms with van der Waals surface area (Å²) in [5.74, 6) is 2.80. The molecule has 2 unspecified atom stereocenters. The van der Waals surface area contributed by atoms with Crippen LogP contribution in [-0.4, -0.2) is 48.1 Å². The molecule has 0 amide bonds. The first kappa shape index (κ1) is 15.3. The Morgan fingerprint density at radius 3 is 2.53 bits per heavy atom. The Kier molecular flexibility index (Phi) is 5.81. The predicted molar refractivity (Wildman–Crippen MR) is 79.8 cm³/mol. The normalized spacial score (nSPS) is 27.4. The van der Waals surface area contributed by atoms with Crippen molar-refractivity contribution in [3.8, 4) is 0 Å². The Bertz CT molecular complexity index is 228. The average Bonchev–Trinajstić information content (AvgIpc) is 2.15. The van der Waals surface area contributed by atoms with Crippen LogP contribution in [0.5, 0.6) is 0 Å². The van der Waals surface area contributed by atoms with Crippen molar-refractivity contribution in [2.75, 3.05) is 31.6 Å². The van der Waals surface area contributed by atoms with Crippen molar-refractivity contribution in [2.24, 2.45) is 11.8 Å². The molecule has 1 saturated heterocycles. The molecule has 0 aromatic rings. The first-order valence-corrected chi connectivity index (χ1v) is 8.23. The van der Waals surface area contributed by atoms with Gasteiger partial charge in [0.05, 0.1) is 0 Å². The standard InChI is InChI=1S/C14H30N2S/c1-11(2)13-7-15-14(4,5)10-16(13)8-12(3)9-17-6/h11-13,15H,7-10H2,1-6H3. The van der Waals surface area contributed by atoms with Gasteiger partial charge in [-0.25, -0.2) is 0 Å². The van der Waals surface area contributed by atoms with Gasteiger partial charge < -0.3 is 5.32 Å². The van der Waals surface area contributed by atoms with E-state index >= 15 is 0 Å². The minimum Gasteiger partial charge on any atom is -0.309 e. The third-order valence-electron chi connectivity index (χ3n) is 3.62. The van der Waals surface area contributed by atoms with Gasteiger partial charge in [0.2, 0.25) is 0 Å². The maximum Gasteiger partial charge on any atom is 0.0252 e. The Morgan fingerprint density at radius 1 is 1.35 bits per heavy atom. The Hall–Kier alpha value is 0.270. The molecule has 1 fully saturated rings. The molecule has 0 aromatic heterocycles. The van der Waals surface area contributed by atoms with Gasteiger partial charge >= 0.3 is 0 Å². The smallest absolute Gasteiger partial charge is 0.0252 e. The minimum atomic E-state index is 0.268. The summed E-state index contributed by atoms with van der Waals surface area (Å²) in [6.07, 6.45) is 2.21. The zero-order chi connectivity index (χ0) is 13.1. The quantitative estimate of drug-likeness (QED) is 0.816. The summed E-state index contributed by atoms with van der Waals surface area (Å²) < 4.78 is 0. The van der Waals surface area contributed by atoms with Gasteiger partial charge in [0.15, 0.2) is 0 Å². The van der Waals surface area contributed by atoms with Crippen LogP contribution in [0.15, 0.2) is 0 Å². The minimum absolute atomic E-state index is 0.268. The van der Waals surface area contributed by atoms with Gasteiger partial charge in [0.25, 0.3) is 0 Å². The zero-order valence-electron chi connectivity index (χ0n) is 12.4. The fourth-order valence-electron chi connectivity index (χ4n) is 2.79. The van der Waals surface area contributed by atoms with Crippen molar-refractivity contribution >= 4 is 11.8 Å². The number of hydrogen-bond acceptors (Lipinski definition) is 3. The van der Waals surface area contributed by atoms with Gasteiger partial charge in [-0.05, 0) is 37.7 Å². The second-order valence-corrected chi connectivity index (χ2v) is 7.48. The molecular weight excluding hydrogens is 228 g/mol. The molecule has 1 aliphatic heterocycles. The SMILES string of the molecule is CSCC(C)CN1CC(C)(C)NCC1C(C)C. The van der Waals surface area contributed by atoms with E-state index in [1.165, 1.54) is 18.8 Å². The van der Waals surface area contributed by atoms with Crippen LogP contribution in [0.4, 0.5) is 0 Å². The summed E-state index contributed by atoms with van der Waals surface area (Å²) >= 11 is 1.97. The lowest BCUT2D eigenvalue weighted by molar-refractivity contribution is 0.0600. The van der Waals surface area contributed by atoms with Crippen LogP contribution in [0.1, 0.15) is 34.6 Å². The molecule has 102 valence electrons. The van der Waals surface area contributed by atoms with Crippen molar-refractivity contribution in [1.29, 1.82) is 0 Å². The van der Waals surface area contributed by atoms with Crippen molar-refractivity contribution in [3.05, 3.63) is 0 Å². The van der Waals surface area contributed by atoms with Gasteiger partial charge in [-0.3, -0.25) is 4.90 Å². The van der Waals surface area contributed by atoms with E-state index in [2.05, 4.69) is 51.1 Å². The fourth-order valence-corrected chi connectivity index (χ4v) is 3.46. The molecule has 0 spiro atoms. The largest absolute Gasteiger partial charge is 0.309 e. The molecule has 1 aliphatic rings. The predicted octanol–water partition coefficient (Wildman–Crippen LogP) is 2.69. The molecule has 3 heteroatoms. The summed E-state index contributed by atoms with van der Waals surface area (Å²) in [5.41, 5.74) is 0.268. The van der Waals surface area contributed by atoms with Gasteiger partial charge in [-0.1, -0.05) is 20.8 Å². The lowest BCUT2D eigenvalue weighted by Gasteiger charge is -2.47. The third kappa shape index (κ3) is 4.80. The molecule has 1 heterocycles. The summed E-state index contributed by atoms with van der Waals surface area (Å²) in [4.78, 5) is 2.71. The van der Waals surface area contributed by atoms with Gasteiger partial charge in [0, 0.05) is 31.2 Å². The van der Waals surface area contributed by atoms with Crippen LogP contribution in [-0.2, 0) is 0 Å². The highest BCUT2D eigenvalue weighted by Crippen LogP contribution is 2.22. The van der Waals surface area contributed by atoms with E-state index in [9.17, 15) is 0 Å². The molecule has 1 rings (SSSR count). The Morgan fingerprint density at radius 2 is 2.00 bits per heavy atom. The topological polar surface area (TPSA) is 15.3 Å². The van der Waals surface area contributed by atoms with E-state index in [4.69, 9.17) is 0 Å². The van der Waals surface area contributed by atoms with Crippen molar-refractivity contribution in [1.82, 2.24) is 10.2 Å². The lowest BCUT2D eigenvalue weighted by atomic mass is 9.92. The van der Waals surface area contributed by atoms with Gasteiger partial charge in [-0.2, -0.15) is 11.8 Å². The number of rotatable bonds is 5. The number of piperazine rings is 1. The highest BCUT2D eigenvalue weighted by Gasteiger charge is 2.34. The molecular formula is C14H30N2S. The number of nitrogens with one attached hydrogen (secondary N) is 1. The van der Waals surface area contributed by atoms with Crippen molar-refractivity contribution in [3.63, 3.8) is 0 Å². The molecule has 0 bridgehead atoms. The van der Waals surface area contributed by atoms with E-state index in [0.717, 1.165) is 18.4 Å². The van der Waals surface area contributed by atoms with Crippen LogP contribution in [0.3, 0.4) is 0 Å². The van der Waals surface area contributed by atoms with E-state index in [-0.39, 0.29) is 5.54 Å². The maximum atomic E-state index is 3.68. The summed E-state index contributed by atoms with van der Waals surface area (Å²) in [5, 5.41) is 3.68. The monoisotopic (exact) mass is 258 g/mol. The zero-order valence-corrected chi connectivity index (χ0v) is 13.2. The Balaban J connectivity index is 2.61. The average molecular weight is 258 g/mol. The molecule has 2 atom stereocenters. The first-order chi connectivity index (χ1) is 7.85. The van der Waals surface area contributed by atoms with E-state index in [1.807, 2.05) is 11.8 Å². The highest BCUT2D eigenvalue weighted by molar-refractivity contribution is 7.98. The van der Waals surface area contributed by atoms with Gasteiger partial charge in [0.1, 0.15) is 0 Å². The molecule has 1 N–H and O–H groups in total. The van der Waals surface area contributed by atoms with Crippen LogP contribution in [0.25, 0.3) is 0 Å². The molecule has 0 aromatic carbocycles. The molecule has 17 heavy (non-hydrogen) atoms. The summed E-state index contributed by atoms with van der Waals surface area (Å²) in [6, 6.07) is 0.701. The third-order valence-corrected chi connectivity index (χ3v) is 4.53. The fraction of sp³-hybridized carbons (Fsp3) is 1.00. The molecule has 0 radical (unpaired) electrons. The second-order valence-electron chi connectivity index (χ2n) is 6.57. The number of thioether (sulfide) groups is 1. The van der Waals surface area contributed by atoms with Crippen LogP contribution in [0.2, 0.25) is 0 Å². The number of nitrogens with zero attached hydrogens (tertiary/aromatic N) is 1.